The molecule has 6 rings (SSSR count). The third kappa shape index (κ3) is 2.67. The van der Waals surface area contributed by atoms with Crippen LogP contribution >= 0.6 is 0 Å². The molecule has 0 spiro atoms. The van der Waals surface area contributed by atoms with Gasteiger partial charge in [-0.3, -0.25) is 5.10 Å². The topological polar surface area (TPSA) is 127 Å². The van der Waals surface area contributed by atoms with Gasteiger partial charge in [-0.15, -0.1) is 0 Å². The van der Waals surface area contributed by atoms with Crippen molar-refractivity contribution in [3.63, 3.8) is 0 Å². The first-order valence-corrected chi connectivity index (χ1v) is 9.33. The molecule has 0 bridgehead atoms. The summed E-state index contributed by atoms with van der Waals surface area (Å²) < 4.78 is 17.4. The Balaban J connectivity index is 1.56. The van der Waals surface area contributed by atoms with Crippen LogP contribution in [0.4, 0.5) is 4.39 Å². The summed E-state index contributed by atoms with van der Waals surface area (Å²) in [5.41, 5.74) is 4.31. The second-order valence-corrected chi connectivity index (χ2v) is 6.95. The van der Waals surface area contributed by atoms with Crippen molar-refractivity contribution in [3.05, 3.63) is 61.2 Å². The van der Waals surface area contributed by atoms with E-state index in [9.17, 15) is 0 Å². The molecule has 0 radical (unpaired) electrons. The Labute approximate surface area is 173 Å². The molecule has 0 aliphatic rings. The van der Waals surface area contributed by atoms with E-state index in [0.29, 0.717) is 28.2 Å². The molecule has 31 heavy (non-hydrogen) atoms. The lowest BCUT2D eigenvalue weighted by molar-refractivity contribution is 0.642. The van der Waals surface area contributed by atoms with Gasteiger partial charge >= 0.3 is 0 Å². The van der Waals surface area contributed by atoms with Crippen LogP contribution < -0.4 is 0 Å². The summed E-state index contributed by atoms with van der Waals surface area (Å²) in [5.74, 6) is -0.0844. The number of pyridine rings is 2. The van der Waals surface area contributed by atoms with Crippen LogP contribution in [0.3, 0.4) is 0 Å². The Hall–Kier alpha value is -4.54. The molecule has 2 N–H and O–H groups in total. The molecule has 0 saturated carbocycles. The first kappa shape index (κ1) is 17.3. The molecule has 0 aliphatic heterocycles. The van der Waals surface area contributed by atoms with Gasteiger partial charge in [-0.2, -0.15) is 5.10 Å². The van der Waals surface area contributed by atoms with Crippen molar-refractivity contribution in [1.82, 2.24) is 49.7 Å². The smallest absolute Gasteiger partial charge is 0.184 e. The second kappa shape index (κ2) is 6.49. The number of halogens is 1. The predicted molar refractivity (Wildman–Crippen MR) is 110 cm³/mol. The minimum Gasteiger partial charge on any atom is -0.334 e. The fraction of sp³-hybridized carbons (Fsp3) is 0.0500. The van der Waals surface area contributed by atoms with Gasteiger partial charge in [0.05, 0.1) is 23.1 Å². The standard InChI is InChI=1S/C20H13FN10/c1-10-7-31(9-26-10)13-2-3-24-19-16(13)27-20(28-19)17-14-15(21)12(6-25-18(14)30-29-17)11-4-22-8-23-5-11/h2-9H,1H3,(H,24,27,28)(H,25,29,30). The number of aromatic nitrogens is 10. The third-order valence-electron chi connectivity index (χ3n) is 4.99. The highest BCUT2D eigenvalue weighted by Crippen LogP contribution is 2.32. The zero-order valence-electron chi connectivity index (χ0n) is 16.1. The highest BCUT2D eigenvalue weighted by molar-refractivity contribution is 5.94. The fourth-order valence-corrected chi connectivity index (χ4v) is 3.55. The molecule has 6 aromatic rings. The number of aromatic amines is 2. The summed E-state index contributed by atoms with van der Waals surface area (Å²) in [6.45, 7) is 1.91. The first-order valence-electron chi connectivity index (χ1n) is 9.33. The summed E-state index contributed by atoms with van der Waals surface area (Å²) in [5, 5.41) is 7.21. The molecule has 0 amide bonds. The Bertz CT molecular complexity index is 1560. The highest BCUT2D eigenvalue weighted by atomic mass is 19.1. The third-order valence-corrected chi connectivity index (χ3v) is 4.99. The number of H-pyrrole nitrogens is 2. The number of nitrogens with one attached hydrogen (secondary N) is 2. The van der Waals surface area contributed by atoms with Gasteiger partial charge in [-0.05, 0) is 13.0 Å². The van der Waals surface area contributed by atoms with Gasteiger partial charge < -0.3 is 9.55 Å². The lowest BCUT2D eigenvalue weighted by atomic mass is 10.1. The molecule has 0 unspecified atom stereocenters. The van der Waals surface area contributed by atoms with E-state index in [4.69, 9.17) is 0 Å². The van der Waals surface area contributed by atoms with Crippen LogP contribution in [0.25, 0.3) is 50.5 Å². The number of rotatable bonds is 3. The normalized spacial score (nSPS) is 11.5. The fourth-order valence-electron chi connectivity index (χ4n) is 3.55. The van der Waals surface area contributed by atoms with Gasteiger partial charge in [0.2, 0.25) is 0 Å². The van der Waals surface area contributed by atoms with E-state index in [-0.39, 0.29) is 16.6 Å². The van der Waals surface area contributed by atoms with E-state index < -0.39 is 5.82 Å². The van der Waals surface area contributed by atoms with Gasteiger partial charge in [-0.1, -0.05) is 0 Å². The average Bonchev–Trinajstić information content (AvgIpc) is 3.52. The van der Waals surface area contributed by atoms with Crippen LogP contribution in [0.1, 0.15) is 5.69 Å². The van der Waals surface area contributed by atoms with Crippen molar-refractivity contribution in [2.75, 3.05) is 0 Å². The molecule has 0 aromatic carbocycles. The quantitative estimate of drug-likeness (QED) is 0.457. The monoisotopic (exact) mass is 412 g/mol. The molecule has 6 heterocycles. The number of hydrogen-bond acceptors (Lipinski definition) is 7. The van der Waals surface area contributed by atoms with Crippen molar-refractivity contribution in [2.24, 2.45) is 0 Å². The predicted octanol–water partition coefficient (Wildman–Crippen LogP) is 2.99. The molecule has 11 heteroatoms. The van der Waals surface area contributed by atoms with E-state index >= 15 is 4.39 Å². The van der Waals surface area contributed by atoms with Gasteiger partial charge in [-0.25, -0.2) is 34.3 Å². The maximum Gasteiger partial charge on any atom is 0.184 e. The van der Waals surface area contributed by atoms with Crippen molar-refractivity contribution in [3.8, 4) is 28.3 Å². The molecule has 6 aromatic heterocycles. The van der Waals surface area contributed by atoms with Gasteiger partial charge in [0.25, 0.3) is 0 Å². The van der Waals surface area contributed by atoms with Crippen LogP contribution in [0.5, 0.6) is 0 Å². The van der Waals surface area contributed by atoms with Crippen LogP contribution in [0.15, 0.2) is 49.7 Å². The van der Waals surface area contributed by atoms with Crippen molar-refractivity contribution in [1.29, 1.82) is 0 Å². The number of hydrogen-bond donors (Lipinski definition) is 2. The zero-order valence-corrected chi connectivity index (χ0v) is 16.1. The molecule has 0 fully saturated rings. The number of nitrogens with zero attached hydrogens (tertiary/aromatic N) is 8. The summed E-state index contributed by atoms with van der Waals surface area (Å²) in [7, 11) is 0. The SMILES string of the molecule is Cc1cn(-c2ccnc3nc(-c4[nH]nc5ncc(-c6cncnc6)c(F)c45)[nH]c23)cn1. The lowest BCUT2D eigenvalue weighted by Crippen LogP contribution is -1.92. The van der Waals surface area contributed by atoms with Crippen molar-refractivity contribution in [2.45, 2.75) is 6.92 Å². The van der Waals surface area contributed by atoms with E-state index in [2.05, 4.69) is 45.1 Å². The van der Waals surface area contributed by atoms with Crippen LogP contribution in [-0.4, -0.2) is 49.7 Å². The maximum absolute atomic E-state index is 15.5. The van der Waals surface area contributed by atoms with E-state index in [0.717, 1.165) is 11.4 Å². The molecule has 10 nitrogen and oxygen atoms in total. The first-order chi connectivity index (χ1) is 15.2. The lowest BCUT2D eigenvalue weighted by Gasteiger charge is -2.03. The second-order valence-electron chi connectivity index (χ2n) is 6.95. The Morgan fingerprint density at radius 1 is 1.03 bits per heavy atom. The van der Waals surface area contributed by atoms with Gasteiger partial charge in [0.1, 0.15) is 23.4 Å². The van der Waals surface area contributed by atoms with Crippen molar-refractivity contribution < 1.29 is 4.39 Å². The molecular weight excluding hydrogens is 399 g/mol. The van der Waals surface area contributed by atoms with Crippen LogP contribution in [0.2, 0.25) is 0 Å². The molecule has 0 atom stereocenters. The Morgan fingerprint density at radius 3 is 2.71 bits per heavy atom. The maximum atomic E-state index is 15.5. The number of fused-ring (bicyclic) bond motifs is 2. The van der Waals surface area contributed by atoms with Crippen molar-refractivity contribution >= 4 is 22.2 Å². The van der Waals surface area contributed by atoms with Crippen LogP contribution in [-0.2, 0) is 0 Å². The molecular formula is C20H13FN10. The molecule has 0 aliphatic carbocycles. The largest absolute Gasteiger partial charge is 0.334 e. The average molecular weight is 412 g/mol. The highest BCUT2D eigenvalue weighted by Gasteiger charge is 2.21. The Kier molecular flexibility index (Phi) is 3.63. The molecule has 150 valence electrons. The van der Waals surface area contributed by atoms with E-state index in [1.54, 1.807) is 12.5 Å². The molecule has 0 saturated heterocycles. The summed E-state index contributed by atoms with van der Waals surface area (Å²) in [6.07, 6.45) is 11.1. The van der Waals surface area contributed by atoms with E-state index in [1.165, 1.54) is 24.9 Å². The van der Waals surface area contributed by atoms with Gasteiger partial charge in [0, 0.05) is 42.1 Å². The minimum atomic E-state index is -0.484. The Morgan fingerprint density at radius 2 is 1.90 bits per heavy atom. The van der Waals surface area contributed by atoms with E-state index in [1.807, 2.05) is 23.8 Å². The van der Waals surface area contributed by atoms with Crippen LogP contribution in [0, 0.1) is 12.7 Å². The minimum absolute atomic E-state index is 0.223. The summed E-state index contributed by atoms with van der Waals surface area (Å²) in [4.78, 5) is 28.6. The van der Waals surface area contributed by atoms with Gasteiger partial charge in [0.15, 0.2) is 17.1 Å². The summed E-state index contributed by atoms with van der Waals surface area (Å²) >= 11 is 0. The summed E-state index contributed by atoms with van der Waals surface area (Å²) in [6, 6.07) is 1.85. The zero-order chi connectivity index (χ0) is 20.9. The number of aryl methyl sites for hydroxylation is 1. The number of imidazole rings is 2.